The fourth-order valence-electron chi connectivity index (χ4n) is 1.10. The zero-order chi connectivity index (χ0) is 10.6. The fourth-order valence-corrected chi connectivity index (χ4v) is 1.10. The third-order valence-corrected chi connectivity index (χ3v) is 1.86. The Morgan fingerprint density at radius 3 is 2.71 bits per heavy atom. The van der Waals surface area contributed by atoms with Gasteiger partial charge in [-0.05, 0) is 12.1 Å². The number of nitrogens with zero attached hydrogens (tertiary/aromatic N) is 1. The van der Waals surface area contributed by atoms with Crippen LogP contribution in [0.2, 0.25) is 0 Å². The summed E-state index contributed by atoms with van der Waals surface area (Å²) in [4.78, 5) is 12.4. The largest absolute Gasteiger partial charge is 0.468 e. The normalized spacial score (nSPS) is 9.64. The molecule has 0 amide bonds. The molecule has 0 aromatic heterocycles. The summed E-state index contributed by atoms with van der Waals surface area (Å²) < 4.78 is 17.7. The summed E-state index contributed by atoms with van der Waals surface area (Å²) in [5, 5.41) is 0. The van der Waals surface area contributed by atoms with Crippen LogP contribution in [0.1, 0.15) is 0 Å². The summed E-state index contributed by atoms with van der Waals surface area (Å²) in [7, 11) is 2.94. The van der Waals surface area contributed by atoms with E-state index in [0.29, 0.717) is 5.69 Å². The molecule has 3 nitrogen and oxygen atoms in total. The molecule has 4 heteroatoms. The number of para-hydroxylation sites is 1. The van der Waals surface area contributed by atoms with E-state index in [4.69, 9.17) is 0 Å². The molecule has 1 rings (SSSR count). The molecule has 0 bridgehead atoms. The Bertz CT molecular complexity index is 328. The average Bonchev–Trinajstić information content (AvgIpc) is 2.18. The Balaban J connectivity index is 2.74. The second kappa shape index (κ2) is 4.60. The lowest BCUT2D eigenvalue weighted by molar-refractivity contribution is -0.138. The maximum absolute atomic E-state index is 13.2. The fraction of sp³-hybridized carbons (Fsp3) is 0.300. The van der Waals surface area contributed by atoms with Gasteiger partial charge in [-0.15, -0.1) is 0 Å². The number of methoxy groups -OCH3 is 1. The molecule has 14 heavy (non-hydrogen) atoms. The number of ether oxygens (including phenoxy) is 1. The minimum Gasteiger partial charge on any atom is -0.468 e. The molecule has 0 unspecified atom stereocenters. The van der Waals surface area contributed by atoms with Gasteiger partial charge < -0.3 is 9.64 Å². The van der Waals surface area contributed by atoms with Gasteiger partial charge in [0.2, 0.25) is 0 Å². The molecule has 0 fully saturated rings. The minimum absolute atomic E-state index is 0.0391. The van der Waals surface area contributed by atoms with E-state index >= 15 is 0 Å². The second-order valence-electron chi connectivity index (χ2n) is 2.88. The Labute approximate surface area is 82.1 Å². The van der Waals surface area contributed by atoms with E-state index < -0.39 is 5.97 Å². The van der Waals surface area contributed by atoms with E-state index in [2.05, 4.69) is 4.74 Å². The highest BCUT2D eigenvalue weighted by atomic mass is 19.1. The number of carbonyl (C=O) groups is 1. The van der Waals surface area contributed by atoms with Crippen LogP contribution in [0.3, 0.4) is 0 Å². The van der Waals surface area contributed by atoms with Crippen LogP contribution < -0.4 is 4.90 Å². The smallest absolute Gasteiger partial charge is 0.325 e. The maximum Gasteiger partial charge on any atom is 0.325 e. The topological polar surface area (TPSA) is 29.5 Å². The number of halogens is 1. The molecular formula is C10H12FNO2. The van der Waals surface area contributed by atoms with Crippen molar-refractivity contribution in [2.45, 2.75) is 0 Å². The van der Waals surface area contributed by atoms with Crippen LogP contribution in [0.4, 0.5) is 10.1 Å². The third-order valence-electron chi connectivity index (χ3n) is 1.86. The number of esters is 1. The minimum atomic E-state index is -0.393. The molecule has 0 radical (unpaired) electrons. The summed E-state index contributed by atoms with van der Waals surface area (Å²) in [5.74, 6) is -0.741. The zero-order valence-corrected chi connectivity index (χ0v) is 8.16. The van der Waals surface area contributed by atoms with Gasteiger partial charge in [0.15, 0.2) is 0 Å². The molecule has 0 atom stereocenters. The van der Waals surface area contributed by atoms with E-state index in [1.54, 1.807) is 25.2 Å². The predicted molar refractivity (Wildman–Crippen MR) is 51.7 cm³/mol. The Hall–Kier alpha value is -1.58. The molecule has 0 saturated carbocycles. The number of likely N-dealkylation sites (N-methyl/N-ethyl adjacent to an activating group) is 1. The zero-order valence-electron chi connectivity index (χ0n) is 8.16. The van der Waals surface area contributed by atoms with Crippen molar-refractivity contribution in [3.8, 4) is 0 Å². The lowest BCUT2D eigenvalue weighted by Gasteiger charge is -2.17. The van der Waals surface area contributed by atoms with Crippen molar-refractivity contribution in [1.82, 2.24) is 0 Å². The Morgan fingerprint density at radius 1 is 1.50 bits per heavy atom. The molecule has 76 valence electrons. The van der Waals surface area contributed by atoms with Crippen LogP contribution in [-0.4, -0.2) is 26.7 Å². The van der Waals surface area contributed by atoms with Gasteiger partial charge in [-0.2, -0.15) is 0 Å². The van der Waals surface area contributed by atoms with Gasteiger partial charge in [-0.25, -0.2) is 4.39 Å². The van der Waals surface area contributed by atoms with Gasteiger partial charge in [0.05, 0.1) is 12.8 Å². The number of carbonyl (C=O) groups excluding carboxylic acids is 1. The summed E-state index contributed by atoms with van der Waals surface area (Å²) in [5.41, 5.74) is 0.387. The first kappa shape index (κ1) is 10.5. The monoisotopic (exact) mass is 197 g/mol. The van der Waals surface area contributed by atoms with E-state index in [9.17, 15) is 9.18 Å². The number of rotatable bonds is 3. The maximum atomic E-state index is 13.2. The molecule has 0 aliphatic rings. The van der Waals surface area contributed by atoms with Crippen molar-refractivity contribution in [2.75, 3.05) is 25.6 Å². The number of anilines is 1. The highest BCUT2D eigenvalue weighted by Crippen LogP contribution is 2.16. The number of hydrogen-bond acceptors (Lipinski definition) is 3. The number of benzene rings is 1. The molecule has 0 aliphatic heterocycles. The van der Waals surface area contributed by atoms with Crippen molar-refractivity contribution in [3.63, 3.8) is 0 Å². The molecule has 0 spiro atoms. The first-order valence-corrected chi connectivity index (χ1v) is 4.17. The van der Waals surface area contributed by atoms with Gasteiger partial charge in [0.1, 0.15) is 12.4 Å². The summed E-state index contributed by atoms with van der Waals surface area (Å²) >= 11 is 0. The van der Waals surface area contributed by atoms with Crippen LogP contribution >= 0.6 is 0 Å². The number of hydrogen-bond donors (Lipinski definition) is 0. The first-order valence-electron chi connectivity index (χ1n) is 4.17. The molecule has 0 N–H and O–H groups in total. The SMILES string of the molecule is COC(=O)CN(C)c1ccccc1F. The molecule has 1 aromatic rings. The summed E-state index contributed by atoms with van der Waals surface area (Å²) in [6, 6.07) is 6.28. The first-order chi connectivity index (χ1) is 6.65. The standard InChI is InChI=1S/C10H12FNO2/c1-12(7-10(13)14-2)9-6-4-3-5-8(9)11/h3-6H,7H2,1-2H3. The Kier molecular flexibility index (Phi) is 3.45. The van der Waals surface area contributed by atoms with Gasteiger partial charge in [0, 0.05) is 7.05 Å². The van der Waals surface area contributed by atoms with Gasteiger partial charge in [-0.3, -0.25) is 4.79 Å². The van der Waals surface area contributed by atoms with Gasteiger partial charge >= 0.3 is 5.97 Å². The quantitative estimate of drug-likeness (QED) is 0.686. The van der Waals surface area contributed by atoms with Gasteiger partial charge in [0.25, 0.3) is 0 Å². The molecule has 1 aromatic carbocycles. The highest BCUT2D eigenvalue weighted by molar-refractivity contribution is 5.75. The van der Waals surface area contributed by atoms with Crippen molar-refractivity contribution in [1.29, 1.82) is 0 Å². The lowest BCUT2D eigenvalue weighted by Crippen LogP contribution is -2.27. The van der Waals surface area contributed by atoms with Crippen LogP contribution in [0.5, 0.6) is 0 Å². The third kappa shape index (κ3) is 2.45. The van der Waals surface area contributed by atoms with Crippen LogP contribution in [0.25, 0.3) is 0 Å². The summed E-state index contributed by atoms with van der Waals surface area (Å²) in [6.07, 6.45) is 0. The lowest BCUT2D eigenvalue weighted by atomic mass is 10.3. The Morgan fingerprint density at radius 2 is 2.14 bits per heavy atom. The predicted octanol–water partition coefficient (Wildman–Crippen LogP) is 1.43. The van der Waals surface area contributed by atoms with E-state index in [1.807, 2.05) is 0 Å². The van der Waals surface area contributed by atoms with Crippen LogP contribution in [-0.2, 0) is 9.53 Å². The van der Waals surface area contributed by atoms with Crippen LogP contribution in [0, 0.1) is 5.82 Å². The van der Waals surface area contributed by atoms with Crippen molar-refractivity contribution in [2.24, 2.45) is 0 Å². The molecule has 0 aliphatic carbocycles. The van der Waals surface area contributed by atoms with E-state index in [0.717, 1.165) is 0 Å². The van der Waals surface area contributed by atoms with Crippen molar-refractivity contribution >= 4 is 11.7 Å². The van der Waals surface area contributed by atoms with E-state index in [-0.39, 0.29) is 12.4 Å². The van der Waals surface area contributed by atoms with Gasteiger partial charge in [-0.1, -0.05) is 12.1 Å². The molecule has 0 saturated heterocycles. The van der Waals surface area contributed by atoms with Crippen LogP contribution in [0.15, 0.2) is 24.3 Å². The summed E-state index contributed by atoms with van der Waals surface area (Å²) in [6.45, 7) is 0.0391. The molecular weight excluding hydrogens is 185 g/mol. The van der Waals surface area contributed by atoms with Crippen molar-refractivity contribution in [3.05, 3.63) is 30.1 Å². The second-order valence-corrected chi connectivity index (χ2v) is 2.88. The van der Waals surface area contributed by atoms with E-state index in [1.165, 1.54) is 18.1 Å². The molecule has 0 heterocycles. The average molecular weight is 197 g/mol. The van der Waals surface area contributed by atoms with Crippen molar-refractivity contribution < 1.29 is 13.9 Å². The highest BCUT2D eigenvalue weighted by Gasteiger charge is 2.10.